The van der Waals surface area contributed by atoms with Gasteiger partial charge >= 0.3 is 6.09 Å². The van der Waals surface area contributed by atoms with Crippen LogP contribution in [-0.2, 0) is 14.3 Å². The van der Waals surface area contributed by atoms with Crippen LogP contribution >= 0.6 is 11.8 Å². The Hall–Kier alpha value is -1.97. The number of hydrogen-bond acceptors (Lipinski definition) is 6. The van der Waals surface area contributed by atoms with Gasteiger partial charge in [0.05, 0.1) is 12.9 Å². The van der Waals surface area contributed by atoms with Gasteiger partial charge in [-0.25, -0.2) is 4.79 Å². The molecule has 9 nitrogen and oxygen atoms in total. The van der Waals surface area contributed by atoms with Gasteiger partial charge in [0.1, 0.15) is 12.1 Å². The minimum Gasteiger partial charge on any atom is -0.453 e. The van der Waals surface area contributed by atoms with Gasteiger partial charge in [-0.3, -0.25) is 15.0 Å². The number of nitrogens with two attached hydrogens (primary N) is 1. The van der Waals surface area contributed by atoms with Crippen molar-refractivity contribution in [3.05, 3.63) is 0 Å². The van der Waals surface area contributed by atoms with Gasteiger partial charge in [0.15, 0.2) is 0 Å². The first-order valence-corrected chi connectivity index (χ1v) is 13.3. The molecule has 2 fully saturated rings. The first-order valence-electron chi connectivity index (χ1n) is 12.4. The number of hydrogen-bond donors (Lipinski definition) is 4. The number of amidine groups is 1. The maximum Gasteiger partial charge on any atom is 0.407 e. The summed E-state index contributed by atoms with van der Waals surface area (Å²) in [5.74, 6) is 1.68. The number of amides is 3. The number of thioether (sulfide) groups is 1. The number of likely N-dealkylation sites (tertiary alicyclic amines) is 1. The molecule has 1 aliphatic carbocycles. The smallest absolute Gasteiger partial charge is 0.407 e. The molecule has 1 saturated heterocycles. The minimum absolute atomic E-state index is 0.135. The second kappa shape index (κ2) is 12.7. The van der Waals surface area contributed by atoms with Crippen molar-refractivity contribution in [1.82, 2.24) is 15.5 Å². The second-order valence-electron chi connectivity index (χ2n) is 10.5. The first-order chi connectivity index (χ1) is 16.0. The molecule has 194 valence electrons. The van der Waals surface area contributed by atoms with Crippen LogP contribution in [0.1, 0.15) is 66.2 Å². The summed E-state index contributed by atoms with van der Waals surface area (Å²) < 4.78 is 4.21. The Bertz CT molecular complexity index is 737. The molecule has 34 heavy (non-hydrogen) atoms. The molecule has 1 heterocycles. The Labute approximate surface area is 208 Å². The molecule has 5 N–H and O–H groups in total. The van der Waals surface area contributed by atoms with Crippen molar-refractivity contribution in [1.29, 1.82) is 5.41 Å². The van der Waals surface area contributed by atoms with E-state index in [0.29, 0.717) is 31.3 Å². The molecule has 10 heteroatoms. The normalized spacial score (nSPS) is 23.9. The Balaban J connectivity index is 2.03. The van der Waals surface area contributed by atoms with Crippen LogP contribution in [0.15, 0.2) is 0 Å². The molecular formula is C24H43N5O4S. The van der Waals surface area contributed by atoms with Gasteiger partial charge < -0.3 is 26.0 Å². The highest BCUT2D eigenvalue weighted by Crippen LogP contribution is 2.33. The molecule has 1 aliphatic heterocycles. The van der Waals surface area contributed by atoms with Gasteiger partial charge in [-0.2, -0.15) is 11.8 Å². The van der Waals surface area contributed by atoms with Gasteiger partial charge in [-0.1, -0.05) is 13.8 Å². The van der Waals surface area contributed by atoms with E-state index in [1.807, 2.05) is 13.8 Å². The number of carbonyl (C=O) groups excluding carboxylic acids is 3. The molecule has 0 radical (unpaired) electrons. The van der Waals surface area contributed by atoms with E-state index in [2.05, 4.69) is 24.5 Å². The molecule has 0 aromatic heterocycles. The van der Waals surface area contributed by atoms with Crippen molar-refractivity contribution in [2.75, 3.05) is 26.0 Å². The van der Waals surface area contributed by atoms with Gasteiger partial charge in [-0.15, -0.1) is 0 Å². The molecule has 0 unspecified atom stereocenters. The van der Waals surface area contributed by atoms with E-state index in [-0.39, 0.29) is 23.6 Å². The highest BCUT2D eigenvalue weighted by Gasteiger charge is 2.44. The number of methoxy groups -OCH3 is 1. The number of nitrogens with one attached hydrogen (secondary N) is 3. The lowest BCUT2D eigenvalue weighted by Crippen LogP contribution is -2.60. The van der Waals surface area contributed by atoms with Crippen molar-refractivity contribution in [2.24, 2.45) is 23.5 Å². The lowest BCUT2D eigenvalue weighted by molar-refractivity contribution is -0.140. The molecule has 2 rings (SSSR count). The Morgan fingerprint density at radius 1 is 1.18 bits per heavy atom. The van der Waals surface area contributed by atoms with Crippen molar-refractivity contribution >= 4 is 35.5 Å². The number of carbonyl (C=O) groups is 3. The van der Waals surface area contributed by atoms with Crippen molar-refractivity contribution in [3.63, 3.8) is 0 Å². The topological polar surface area (TPSA) is 138 Å². The van der Waals surface area contributed by atoms with Crippen LogP contribution in [-0.4, -0.2) is 71.4 Å². The third-order valence-corrected chi connectivity index (χ3v) is 8.68. The largest absolute Gasteiger partial charge is 0.453 e. The predicted molar refractivity (Wildman–Crippen MR) is 136 cm³/mol. The van der Waals surface area contributed by atoms with Crippen LogP contribution in [0.2, 0.25) is 0 Å². The van der Waals surface area contributed by atoms with E-state index in [1.165, 1.54) is 7.11 Å². The van der Waals surface area contributed by atoms with Gasteiger partial charge in [0.2, 0.25) is 11.8 Å². The Morgan fingerprint density at radius 2 is 1.82 bits per heavy atom. The number of ether oxygens (including phenoxy) is 1. The average molecular weight is 498 g/mol. The van der Waals surface area contributed by atoms with E-state index < -0.39 is 22.9 Å². The van der Waals surface area contributed by atoms with Crippen LogP contribution in [0, 0.1) is 23.2 Å². The lowest BCUT2D eigenvalue weighted by Gasteiger charge is -2.37. The fraction of sp³-hybridized carbons (Fsp3) is 0.833. The highest BCUT2D eigenvalue weighted by atomic mass is 32.2. The third-order valence-electron chi connectivity index (χ3n) is 6.87. The van der Waals surface area contributed by atoms with E-state index in [9.17, 15) is 14.4 Å². The summed E-state index contributed by atoms with van der Waals surface area (Å²) >= 11 is 1.63. The van der Waals surface area contributed by atoms with Crippen LogP contribution in [0.3, 0.4) is 0 Å². The van der Waals surface area contributed by atoms with Gasteiger partial charge in [-0.05, 0) is 70.0 Å². The number of rotatable bonds is 10. The molecule has 2 atom stereocenters. The monoisotopic (exact) mass is 497 g/mol. The van der Waals surface area contributed by atoms with Crippen LogP contribution in [0.4, 0.5) is 4.79 Å². The van der Waals surface area contributed by atoms with E-state index in [1.54, 1.807) is 16.7 Å². The lowest BCUT2D eigenvalue weighted by atomic mass is 9.81. The number of nitrogens with zero attached hydrogens (tertiary/aromatic N) is 1. The zero-order valence-electron chi connectivity index (χ0n) is 21.3. The van der Waals surface area contributed by atoms with Crippen LogP contribution < -0.4 is 16.4 Å². The zero-order chi connectivity index (χ0) is 25.5. The number of alkyl carbamates (subject to hydrolysis) is 1. The van der Waals surface area contributed by atoms with Crippen LogP contribution in [0.5, 0.6) is 0 Å². The van der Waals surface area contributed by atoms with Gasteiger partial charge in [0.25, 0.3) is 0 Å². The highest BCUT2D eigenvalue weighted by molar-refractivity contribution is 8.00. The quantitative estimate of drug-likeness (QED) is 0.270. The van der Waals surface area contributed by atoms with Crippen molar-refractivity contribution < 1.29 is 19.1 Å². The predicted octanol–water partition coefficient (Wildman–Crippen LogP) is 2.73. The maximum atomic E-state index is 13.6. The Kier molecular flexibility index (Phi) is 10.5. The van der Waals surface area contributed by atoms with E-state index in [0.717, 1.165) is 37.9 Å². The molecule has 0 bridgehead atoms. The second-order valence-corrected chi connectivity index (χ2v) is 12.2. The van der Waals surface area contributed by atoms with Crippen molar-refractivity contribution in [2.45, 2.75) is 83.1 Å². The third kappa shape index (κ3) is 7.78. The zero-order valence-corrected chi connectivity index (χ0v) is 22.1. The van der Waals surface area contributed by atoms with E-state index >= 15 is 0 Å². The summed E-state index contributed by atoms with van der Waals surface area (Å²) in [5.41, 5.74) is 5.63. The summed E-state index contributed by atoms with van der Waals surface area (Å²) in [6.07, 6.45) is 4.34. The van der Waals surface area contributed by atoms with Gasteiger partial charge in [0, 0.05) is 23.8 Å². The SMILES string of the molecule is COC(=O)N[C@@H](C(=O)N1CCC[C@H]1C(=O)NC[C@H]1CC[C@H](C(=N)N)CC1)C(C)(C)SCC(C)C. The summed E-state index contributed by atoms with van der Waals surface area (Å²) in [5, 5.41) is 13.4. The maximum absolute atomic E-state index is 13.6. The fourth-order valence-electron chi connectivity index (χ4n) is 4.68. The first kappa shape index (κ1) is 28.3. The molecule has 1 saturated carbocycles. The molecule has 3 amide bonds. The summed E-state index contributed by atoms with van der Waals surface area (Å²) in [6, 6.07) is -1.34. The summed E-state index contributed by atoms with van der Waals surface area (Å²) in [6.45, 7) is 9.18. The minimum atomic E-state index is -0.807. The molecule has 0 aromatic rings. The fourth-order valence-corrected chi connectivity index (χ4v) is 5.77. The standard InChI is InChI=1S/C24H43N5O4S/c1-15(2)14-34-24(3,4)19(28-23(32)33-5)22(31)29-12-6-7-18(29)21(30)27-13-16-8-10-17(11-9-16)20(25)26/h15-19H,6-14H2,1-5H3,(H3,25,26)(H,27,30)(H,28,32)/t16-,17-,18-,19-/m0/s1. The molecule has 0 spiro atoms. The van der Waals surface area contributed by atoms with Crippen molar-refractivity contribution in [3.8, 4) is 0 Å². The molecular weight excluding hydrogens is 454 g/mol. The Morgan fingerprint density at radius 3 is 2.38 bits per heavy atom. The molecule has 2 aliphatic rings. The molecule has 0 aromatic carbocycles. The van der Waals surface area contributed by atoms with Crippen LogP contribution in [0.25, 0.3) is 0 Å². The summed E-state index contributed by atoms with van der Waals surface area (Å²) in [7, 11) is 1.28. The average Bonchev–Trinajstić information content (AvgIpc) is 3.29. The van der Waals surface area contributed by atoms with E-state index in [4.69, 9.17) is 15.9 Å². The summed E-state index contributed by atoms with van der Waals surface area (Å²) in [4.78, 5) is 40.4.